The predicted molar refractivity (Wildman–Crippen MR) is 140 cm³/mol. The Morgan fingerprint density at radius 1 is 1.02 bits per heavy atom. The van der Waals surface area contributed by atoms with Crippen LogP contribution in [-0.2, 0) is 6.18 Å². The largest absolute Gasteiger partial charge is 0.416 e. The molecule has 0 aliphatic carbocycles. The maximum absolute atomic E-state index is 14.2. The van der Waals surface area contributed by atoms with Crippen molar-refractivity contribution in [2.24, 2.45) is 0 Å². The average molecular weight is 605 g/mol. The molecule has 0 saturated heterocycles. The minimum absolute atomic E-state index is 0.0165. The second-order valence-electron chi connectivity index (χ2n) is 9.27. The zero-order valence-corrected chi connectivity index (χ0v) is 21.8. The number of alkyl halides is 3. The summed E-state index contributed by atoms with van der Waals surface area (Å²) in [7, 11) is 0. The van der Waals surface area contributed by atoms with Crippen molar-refractivity contribution in [1.29, 1.82) is 0 Å². The fourth-order valence-corrected chi connectivity index (χ4v) is 4.72. The molecule has 4 aromatic rings. The first-order chi connectivity index (χ1) is 19.8. The van der Waals surface area contributed by atoms with E-state index in [9.17, 15) is 36.6 Å². The summed E-state index contributed by atoms with van der Waals surface area (Å²) in [4.78, 5) is 34.2. The van der Waals surface area contributed by atoms with Gasteiger partial charge in [0, 0.05) is 50.9 Å². The number of nitrogens with zero attached hydrogens (tertiary/aromatic N) is 2. The molecule has 216 valence electrons. The Hall–Kier alpha value is -4.46. The molecule has 2 amide bonds. The molecule has 4 N–H and O–H groups in total. The first-order valence-corrected chi connectivity index (χ1v) is 12.5. The van der Waals surface area contributed by atoms with E-state index in [4.69, 9.17) is 16.7 Å². The van der Waals surface area contributed by atoms with E-state index < -0.39 is 59.5 Å². The fourth-order valence-electron chi connectivity index (χ4n) is 4.49. The smallest absolute Gasteiger partial charge is 0.393 e. The van der Waals surface area contributed by atoms with Crippen molar-refractivity contribution in [2.75, 3.05) is 11.9 Å². The van der Waals surface area contributed by atoms with Crippen LogP contribution in [0.1, 0.15) is 55.4 Å². The molecule has 0 radical (unpaired) electrons. The highest BCUT2D eigenvalue weighted by Crippen LogP contribution is 2.42. The SMILES string of the molecule is O=C(Nc1cc(-c2cnc(C(O)CO)nc2)cc2c1C(c1cc(F)ccc1Cl)NC2=O)c1cc(F)cc(C(F)(F)F)c1. The number of carbonyl (C=O) groups is 2. The molecule has 1 aliphatic heterocycles. The molecule has 0 saturated carbocycles. The third-order valence-electron chi connectivity index (χ3n) is 6.47. The Labute approximate surface area is 238 Å². The number of aliphatic hydroxyl groups is 2. The van der Waals surface area contributed by atoms with Gasteiger partial charge in [-0.3, -0.25) is 9.59 Å². The molecule has 1 aliphatic rings. The standard InChI is InChI=1S/C28H18ClF5N4O4/c29-20-2-1-16(30)8-18(20)24-23-19(27(42)38-24)5-12(14-9-35-25(36-10-14)22(40)11-39)6-21(23)37-26(41)13-3-15(28(32,33)34)7-17(31)4-13/h1-10,22,24,39-40H,11H2,(H,37,41)(H,38,42). The first kappa shape index (κ1) is 29.0. The van der Waals surface area contributed by atoms with Crippen molar-refractivity contribution in [3.05, 3.63) is 111 Å². The van der Waals surface area contributed by atoms with E-state index in [1.54, 1.807) is 0 Å². The van der Waals surface area contributed by atoms with Crippen LogP contribution in [-0.4, -0.2) is 38.6 Å². The van der Waals surface area contributed by atoms with Gasteiger partial charge in [-0.25, -0.2) is 18.7 Å². The topological polar surface area (TPSA) is 124 Å². The van der Waals surface area contributed by atoms with Gasteiger partial charge in [0.2, 0.25) is 0 Å². The molecule has 0 spiro atoms. The van der Waals surface area contributed by atoms with Gasteiger partial charge in [-0.15, -0.1) is 0 Å². The Balaban J connectivity index is 1.64. The summed E-state index contributed by atoms with van der Waals surface area (Å²) >= 11 is 6.29. The average Bonchev–Trinajstić information content (AvgIpc) is 3.29. The molecular weight excluding hydrogens is 587 g/mol. The Kier molecular flexibility index (Phi) is 7.66. The van der Waals surface area contributed by atoms with Crippen molar-refractivity contribution < 1.29 is 41.8 Å². The third kappa shape index (κ3) is 5.66. The summed E-state index contributed by atoms with van der Waals surface area (Å²) in [5.74, 6) is -3.80. The first-order valence-electron chi connectivity index (χ1n) is 12.1. The quantitative estimate of drug-likeness (QED) is 0.224. The Bertz CT molecular complexity index is 1720. The summed E-state index contributed by atoms with van der Waals surface area (Å²) in [6, 6.07) is 6.55. The van der Waals surface area contributed by atoms with E-state index in [0.29, 0.717) is 17.7 Å². The minimum Gasteiger partial charge on any atom is -0.393 e. The number of hydrogen-bond donors (Lipinski definition) is 4. The third-order valence-corrected chi connectivity index (χ3v) is 6.81. The van der Waals surface area contributed by atoms with Gasteiger partial charge in [0.25, 0.3) is 11.8 Å². The molecule has 2 heterocycles. The van der Waals surface area contributed by atoms with Gasteiger partial charge >= 0.3 is 6.18 Å². The van der Waals surface area contributed by atoms with Gasteiger partial charge < -0.3 is 20.8 Å². The van der Waals surface area contributed by atoms with Crippen LogP contribution in [0.25, 0.3) is 11.1 Å². The molecule has 8 nitrogen and oxygen atoms in total. The zero-order valence-electron chi connectivity index (χ0n) is 21.0. The van der Waals surface area contributed by atoms with E-state index in [0.717, 1.165) is 12.1 Å². The van der Waals surface area contributed by atoms with Crippen LogP contribution in [0.3, 0.4) is 0 Å². The molecule has 0 bridgehead atoms. The van der Waals surface area contributed by atoms with Crippen LogP contribution in [0, 0.1) is 11.6 Å². The highest BCUT2D eigenvalue weighted by Gasteiger charge is 2.36. The van der Waals surface area contributed by atoms with E-state index in [2.05, 4.69) is 20.6 Å². The fraction of sp³-hybridized carbons (Fsp3) is 0.143. The minimum atomic E-state index is -4.93. The second kappa shape index (κ2) is 11.1. The van der Waals surface area contributed by atoms with Crippen LogP contribution in [0.4, 0.5) is 27.6 Å². The maximum atomic E-state index is 14.2. The van der Waals surface area contributed by atoms with Crippen LogP contribution >= 0.6 is 11.6 Å². The molecule has 3 aromatic carbocycles. The lowest BCUT2D eigenvalue weighted by Gasteiger charge is -2.19. The van der Waals surface area contributed by atoms with Gasteiger partial charge in [0.1, 0.15) is 17.7 Å². The summed E-state index contributed by atoms with van der Waals surface area (Å²) < 4.78 is 68.1. The summed E-state index contributed by atoms with van der Waals surface area (Å²) in [5, 5.41) is 24.1. The number of halogens is 6. The molecule has 2 atom stereocenters. The molecule has 42 heavy (non-hydrogen) atoms. The highest BCUT2D eigenvalue weighted by atomic mass is 35.5. The van der Waals surface area contributed by atoms with Gasteiger partial charge in [0.15, 0.2) is 5.82 Å². The van der Waals surface area contributed by atoms with Crippen LogP contribution < -0.4 is 10.6 Å². The van der Waals surface area contributed by atoms with Crippen molar-refractivity contribution in [3.8, 4) is 11.1 Å². The molecular formula is C28H18ClF5N4O4. The molecule has 2 unspecified atom stereocenters. The van der Waals surface area contributed by atoms with Crippen molar-refractivity contribution in [1.82, 2.24) is 15.3 Å². The number of carbonyl (C=O) groups excluding carboxylic acids is 2. The van der Waals surface area contributed by atoms with Gasteiger partial charge in [-0.1, -0.05) is 11.6 Å². The second-order valence-corrected chi connectivity index (χ2v) is 9.67. The van der Waals surface area contributed by atoms with Crippen molar-refractivity contribution in [3.63, 3.8) is 0 Å². The number of aromatic nitrogens is 2. The number of benzene rings is 3. The lowest BCUT2D eigenvalue weighted by molar-refractivity contribution is -0.137. The Morgan fingerprint density at radius 3 is 2.40 bits per heavy atom. The van der Waals surface area contributed by atoms with E-state index in [-0.39, 0.29) is 44.9 Å². The van der Waals surface area contributed by atoms with Gasteiger partial charge in [-0.2, -0.15) is 13.2 Å². The predicted octanol–water partition coefficient (Wildman–Crippen LogP) is 5.20. The number of hydrogen-bond acceptors (Lipinski definition) is 6. The molecule has 0 fully saturated rings. The number of anilines is 1. The zero-order chi connectivity index (χ0) is 30.3. The Morgan fingerprint density at radius 2 is 1.74 bits per heavy atom. The number of nitrogens with one attached hydrogen (secondary N) is 2. The van der Waals surface area contributed by atoms with E-state index in [1.165, 1.54) is 30.6 Å². The highest BCUT2D eigenvalue weighted by molar-refractivity contribution is 6.31. The van der Waals surface area contributed by atoms with Gasteiger partial charge in [-0.05, 0) is 54.1 Å². The van der Waals surface area contributed by atoms with Crippen LogP contribution in [0.15, 0.2) is 60.9 Å². The number of fused-ring (bicyclic) bond motifs is 1. The lowest BCUT2D eigenvalue weighted by Crippen LogP contribution is -2.21. The summed E-state index contributed by atoms with van der Waals surface area (Å²) in [5.41, 5.74) is -1.25. The molecule has 5 rings (SSSR count). The molecule has 14 heteroatoms. The molecule has 1 aromatic heterocycles. The summed E-state index contributed by atoms with van der Waals surface area (Å²) in [6.45, 7) is -0.630. The summed E-state index contributed by atoms with van der Waals surface area (Å²) in [6.07, 6.45) is -3.71. The van der Waals surface area contributed by atoms with E-state index >= 15 is 0 Å². The maximum Gasteiger partial charge on any atom is 0.416 e. The number of rotatable bonds is 6. The van der Waals surface area contributed by atoms with Crippen LogP contribution in [0.2, 0.25) is 5.02 Å². The van der Waals surface area contributed by atoms with Crippen LogP contribution in [0.5, 0.6) is 0 Å². The van der Waals surface area contributed by atoms with E-state index in [1.807, 2.05) is 0 Å². The van der Waals surface area contributed by atoms with Crippen molar-refractivity contribution >= 4 is 29.1 Å². The normalized spacial score (nSPS) is 15.2. The lowest BCUT2D eigenvalue weighted by atomic mass is 9.93. The monoisotopic (exact) mass is 604 g/mol. The number of aliphatic hydroxyl groups excluding tert-OH is 2. The number of amides is 2. The van der Waals surface area contributed by atoms with Gasteiger partial charge in [0.05, 0.1) is 18.2 Å². The van der Waals surface area contributed by atoms with Crippen molar-refractivity contribution in [2.45, 2.75) is 18.3 Å².